The standard InChI is InChI=1S/C15H19N9S/c1-9-6-5-7-11(10(9)2)24-15(20-21-22-24)25-8-12-17-13(16)19-14(18-12)23(3)4/h5-7H,8H2,1-4H3,(H2,16,17,18,19). The van der Waals surface area contributed by atoms with Crippen LogP contribution in [0.2, 0.25) is 0 Å². The molecule has 130 valence electrons. The van der Waals surface area contributed by atoms with Gasteiger partial charge in [-0.2, -0.15) is 19.6 Å². The van der Waals surface area contributed by atoms with Gasteiger partial charge in [0.15, 0.2) is 0 Å². The highest BCUT2D eigenvalue weighted by Gasteiger charge is 2.14. The highest BCUT2D eigenvalue weighted by molar-refractivity contribution is 7.98. The minimum Gasteiger partial charge on any atom is -0.368 e. The van der Waals surface area contributed by atoms with Crippen molar-refractivity contribution in [1.29, 1.82) is 0 Å². The molecule has 0 saturated heterocycles. The van der Waals surface area contributed by atoms with Crippen molar-refractivity contribution in [1.82, 2.24) is 35.2 Å². The fourth-order valence-corrected chi connectivity index (χ4v) is 2.94. The van der Waals surface area contributed by atoms with Gasteiger partial charge in [0.2, 0.25) is 17.1 Å². The van der Waals surface area contributed by atoms with Crippen LogP contribution >= 0.6 is 11.8 Å². The average molecular weight is 357 g/mol. The Bertz CT molecular complexity index is 890. The number of nitrogens with two attached hydrogens (primary N) is 1. The van der Waals surface area contributed by atoms with Crippen LogP contribution in [0.25, 0.3) is 5.69 Å². The number of tetrazole rings is 1. The smallest absolute Gasteiger partial charge is 0.229 e. The van der Waals surface area contributed by atoms with Gasteiger partial charge in [-0.15, -0.1) is 5.10 Å². The van der Waals surface area contributed by atoms with Gasteiger partial charge < -0.3 is 10.6 Å². The summed E-state index contributed by atoms with van der Waals surface area (Å²) in [5.74, 6) is 1.79. The van der Waals surface area contributed by atoms with E-state index in [1.165, 1.54) is 17.3 Å². The summed E-state index contributed by atoms with van der Waals surface area (Å²) < 4.78 is 1.73. The van der Waals surface area contributed by atoms with Gasteiger partial charge in [-0.1, -0.05) is 23.9 Å². The molecule has 0 spiro atoms. The number of anilines is 2. The van der Waals surface area contributed by atoms with Crippen molar-refractivity contribution >= 4 is 23.7 Å². The van der Waals surface area contributed by atoms with E-state index in [-0.39, 0.29) is 5.95 Å². The SMILES string of the molecule is Cc1cccc(-n2nnnc2SCc2nc(N)nc(N(C)C)n2)c1C. The molecule has 3 aromatic rings. The van der Waals surface area contributed by atoms with Crippen LogP contribution in [0.5, 0.6) is 0 Å². The number of hydrogen-bond donors (Lipinski definition) is 1. The molecule has 0 atom stereocenters. The second kappa shape index (κ2) is 7.01. The first-order chi connectivity index (χ1) is 12.0. The lowest BCUT2D eigenvalue weighted by Gasteiger charge is -2.11. The summed E-state index contributed by atoms with van der Waals surface area (Å²) in [5.41, 5.74) is 9.04. The van der Waals surface area contributed by atoms with Gasteiger partial charge in [0.1, 0.15) is 5.82 Å². The molecule has 0 aliphatic carbocycles. The van der Waals surface area contributed by atoms with Crippen LogP contribution in [0.1, 0.15) is 17.0 Å². The van der Waals surface area contributed by atoms with E-state index in [4.69, 9.17) is 5.73 Å². The minimum atomic E-state index is 0.198. The first kappa shape index (κ1) is 17.1. The van der Waals surface area contributed by atoms with Gasteiger partial charge in [0.25, 0.3) is 0 Å². The van der Waals surface area contributed by atoms with Crippen molar-refractivity contribution in [3.63, 3.8) is 0 Å². The number of benzene rings is 1. The van der Waals surface area contributed by atoms with Crippen LogP contribution in [-0.2, 0) is 5.75 Å². The molecule has 0 fully saturated rings. The van der Waals surface area contributed by atoms with E-state index in [2.05, 4.69) is 50.4 Å². The number of aromatic nitrogens is 7. The fraction of sp³-hybridized carbons (Fsp3) is 0.333. The third kappa shape index (κ3) is 3.68. The number of nitrogens with zero attached hydrogens (tertiary/aromatic N) is 8. The summed E-state index contributed by atoms with van der Waals surface area (Å²) in [6, 6.07) is 6.05. The number of rotatable bonds is 5. The fourth-order valence-electron chi connectivity index (χ4n) is 2.20. The number of thioether (sulfide) groups is 1. The Hall–Kier alpha value is -2.75. The van der Waals surface area contributed by atoms with E-state index < -0.39 is 0 Å². The van der Waals surface area contributed by atoms with Crippen molar-refractivity contribution < 1.29 is 0 Å². The predicted octanol–water partition coefficient (Wildman–Crippen LogP) is 1.40. The second-order valence-corrected chi connectivity index (χ2v) is 6.63. The van der Waals surface area contributed by atoms with Crippen LogP contribution in [0.3, 0.4) is 0 Å². The van der Waals surface area contributed by atoms with Crippen molar-refractivity contribution in [2.24, 2.45) is 0 Å². The Balaban J connectivity index is 1.84. The molecule has 25 heavy (non-hydrogen) atoms. The van der Waals surface area contributed by atoms with Crippen molar-refractivity contribution in [2.45, 2.75) is 24.8 Å². The van der Waals surface area contributed by atoms with Gasteiger partial charge in [-0.05, 0) is 41.5 Å². The van der Waals surface area contributed by atoms with E-state index in [1.807, 2.05) is 26.2 Å². The van der Waals surface area contributed by atoms with Crippen LogP contribution < -0.4 is 10.6 Å². The van der Waals surface area contributed by atoms with Gasteiger partial charge in [-0.3, -0.25) is 0 Å². The lowest BCUT2D eigenvalue weighted by atomic mass is 10.1. The molecule has 0 unspecified atom stereocenters. The topological polar surface area (TPSA) is 112 Å². The van der Waals surface area contributed by atoms with E-state index in [9.17, 15) is 0 Å². The quantitative estimate of drug-likeness (QED) is 0.677. The van der Waals surface area contributed by atoms with E-state index in [0.29, 0.717) is 22.7 Å². The highest BCUT2D eigenvalue weighted by atomic mass is 32.2. The average Bonchev–Trinajstić information content (AvgIpc) is 3.03. The molecule has 0 bridgehead atoms. The molecular formula is C15H19N9S. The molecular weight excluding hydrogens is 338 g/mol. The zero-order valence-corrected chi connectivity index (χ0v) is 15.3. The van der Waals surface area contributed by atoms with Gasteiger partial charge in [-0.25, -0.2) is 0 Å². The highest BCUT2D eigenvalue weighted by Crippen LogP contribution is 2.24. The summed E-state index contributed by atoms with van der Waals surface area (Å²) in [7, 11) is 3.71. The number of hydrogen-bond acceptors (Lipinski definition) is 9. The summed E-state index contributed by atoms with van der Waals surface area (Å²) in [4.78, 5) is 14.4. The summed E-state index contributed by atoms with van der Waals surface area (Å²) >= 11 is 1.45. The monoisotopic (exact) mass is 357 g/mol. The van der Waals surface area contributed by atoms with Crippen molar-refractivity contribution in [3.05, 3.63) is 35.2 Å². The predicted molar refractivity (Wildman–Crippen MR) is 96.8 cm³/mol. The maximum Gasteiger partial charge on any atom is 0.229 e. The Morgan fingerprint density at radius 3 is 2.72 bits per heavy atom. The first-order valence-corrected chi connectivity index (χ1v) is 8.60. The third-order valence-electron chi connectivity index (χ3n) is 3.66. The Morgan fingerprint density at radius 1 is 1.16 bits per heavy atom. The third-order valence-corrected chi connectivity index (χ3v) is 4.58. The molecule has 0 aliphatic rings. The molecule has 0 amide bonds. The van der Waals surface area contributed by atoms with E-state index >= 15 is 0 Å². The maximum absolute atomic E-state index is 5.76. The van der Waals surface area contributed by atoms with Gasteiger partial charge in [0, 0.05) is 14.1 Å². The maximum atomic E-state index is 5.76. The molecule has 1 aromatic carbocycles. The Labute approximate surface area is 149 Å². The lowest BCUT2D eigenvalue weighted by Crippen LogP contribution is -2.16. The zero-order chi connectivity index (χ0) is 18.0. The Kier molecular flexibility index (Phi) is 4.79. The molecule has 2 N–H and O–H groups in total. The Morgan fingerprint density at radius 2 is 1.96 bits per heavy atom. The van der Waals surface area contributed by atoms with E-state index in [0.717, 1.165) is 11.3 Å². The van der Waals surface area contributed by atoms with Crippen LogP contribution in [0.15, 0.2) is 23.4 Å². The number of nitrogen functional groups attached to an aromatic ring is 1. The molecule has 0 aliphatic heterocycles. The summed E-state index contributed by atoms with van der Waals surface area (Å²) in [5, 5.41) is 12.7. The molecule has 10 heteroatoms. The van der Waals surface area contributed by atoms with Crippen LogP contribution in [0.4, 0.5) is 11.9 Å². The van der Waals surface area contributed by atoms with Gasteiger partial charge >= 0.3 is 0 Å². The minimum absolute atomic E-state index is 0.198. The van der Waals surface area contributed by atoms with Crippen LogP contribution in [0, 0.1) is 13.8 Å². The largest absolute Gasteiger partial charge is 0.368 e. The molecule has 2 heterocycles. The number of aryl methyl sites for hydroxylation is 1. The molecule has 0 saturated carbocycles. The summed E-state index contributed by atoms with van der Waals surface area (Å²) in [6.45, 7) is 4.11. The van der Waals surface area contributed by atoms with Crippen LogP contribution in [-0.4, -0.2) is 49.3 Å². The normalized spacial score (nSPS) is 10.9. The van der Waals surface area contributed by atoms with Crippen molar-refractivity contribution in [2.75, 3.05) is 24.7 Å². The molecule has 2 aromatic heterocycles. The molecule has 3 rings (SSSR count). The summed E-state index contributed by atoms with van der Waals surface area (Å²) in [6.07, 6.45) is 0. The van der Waals surface area contributed by atoms with Crippen molar-refractivity contribution in [3.8, 4) is 5.69 Å². The van der Waals surface area contributed by atoms with Gasteiger partial charge in [0.05, 0.1) is 11.4 Å². The first-order valence-electron chi connectivity index (χ1n) is 7.61. The molecule has 0 radical (unpaired) electrons. The van der Waals surface area contributed by atoms with E-state index in [1.54, 1.807) is 9.58 Å². The lowest BCUT2D eigenvalue weighted by molar-refractivity contribution is 0.750. The zero-order valence-electron chi connectivity index (χ0n) is 14.5. The molecule has 9 nitrogen and oxygen atoms in total. The second-order valence-electron chi connectivity index (χ2n) is 5.69.